The molecule has 1 aromatic rings. The fraction of sp³-hybridized carbons (Fsp3) is 0.739. The third-order valence-electron chi connectivity index (χ3n) is 6.33. The van der Waals surface area contributed by atoms with Crippen LogP contribution in [-0.4, -0.2) is 23.9 Å². The van der Waals surface area contributed by atoms with Gasteiger partial charge in [0, 0.05) is 11.5 Å². The molecule has 3 nitrogen and oxygen atoms in total. The second-order valence-electron chi connectivity index (χ2n) is 8.87. The molecule has 1 saturated carbocycles. The highest BCUT2D eigenvalue weighted by atomic mass is 16.5. The number of hydrogen-bond donors (Lipinski definition) is 1. The number of benzene rings is 1. The molecule has 146 valence electrons. The first kappa shape index (κ1) is 19.5. The Balaban J connectivity index is 1.99. The quantitative estimate of drug-likeness (QED) is 0.654. The van der Waals surface area contributed by atoms with Crippen molar-refractivity contribution < 1.29 is 14.6 Å². The highest BCUT2D eigenvalue weighted by molar-refractivity contribution is 5.52. The first-order valence-corrected chi connectivity index (χ1v) is 10.6. The van der Waals surface area contributed by atoms with E-state index >= 15 is 0 Å². The van der Waals surface area contributed by atoms with Crippen LogP contribution < -0.4 is 9.47 Å². The highest BCUT2D eigenvalue weighted by Crippen LogP contribution is 2.55. The summed E-state index contributed by atoms with van der Waals surface area (Å²) in [6.45, 7) is 9.50. The molecule has 1 aromatic carbocycles. The van der Waals surface area contributed by atoms with E-state index < -0.39 is 0 Å². The molecule has 1 heterocycles. The number of fused-ring (bicyclic) bond motifs is 3. The summed E-state index contributed by atoms with van der Waals surface area (Å²) in [5.41, 5.74) is 2.42. The Bertz CT molecular complexity index is 608. The van der Waals surface area contributed by atoms with Crippen LogP contribution in [0.5, 0.6) is 11.5 Å². The van der Waals surface area contributed by atoms with Crippen molar-refractivity contribution in [2.24, 2.45) is 11.8 Å². The third kappa shape index (κ3) is 4.03. The van der Waals surface area contributed by atoms with Crippen molar-refractivity contribution in [3.63, 3.8) is 0 Å². The van der Waals surface area contributed by atoms with Gasteiger partial charge in [0.15, 0.2) is 0 Å². The Morgan fingerprint density at radius 3 is 2.77 bits per heavy atom. The molecule has 0 unspecified atom stereocenters. The predicted octanol–water partition coefficient (Wildman–Crippen LogP) is 5.48. The Kier molecular flexibility index (Phi) is 6.17. The van der Waals surface area contributed by atoms with Crippen molar-refractivity contribution >= 4 is 0 Å². The highest BCUT2D eigenvalue weighted by Gasteiger charge is 2.47. The van der Waals surface area contributed by atoms with Crippen molar-refractivity contribution in [2.45, 2.75) is 84.2 Å². The first-order chi connectivity index (χ1) is 12.5. The molecule has 3 rings (SSSR count). The zero-order valence-electron chi connectivity index (χ0n) is 17.0. The normalized spacial score (nSPS) is 26.6. The Morgan fingerprint density at radius 2 is 2.04 bits per heavy atom. The van der Waals surface area contributed by atoms with Crippen molar-refractivity contribution in [1.29, 1.82) is 0 Å². The van der Waals surface area contributed by atoms with Crippen LogP contribution in [0, 0.1) is 11.8 Å². The molecule has 0 saturated heterocycles. The van der Waals surface area contributed by atoms with E-state index in [2.05, 4.69) is 39.8 Å². The van der Waals surface area contributed by atoms with Crippen LogP contribution in [0.15, 0.2) is 12.1 Å². The molecule has 1 aliphatic carbocycles. The minimum atomic E-state index is -0.131. The van der Waals surface area contributed by atoms with Gasteiger partial charge < -0.3 is 14.6 Å². The van der Waals surface area contributed by atoms with Gasteiger partial charge in [0.05, 0.1) is 6.61 Å². The molecule has 1 aliphatic heterocycles. The minimum Gasteiger partial charge on any atom is -0.491 e. The summed E-state index contributed by atoms with van der Waals surface area (Å²) in [6, 6.07) is 4.47. The van der Waals surface area contributed by atoms with Crippen LogP contribution in [-0.2, 0) is 6.42 Å². The Hall–Kier alpha value is -1.22. The van der Waals surface area contributed by atoms with E-state index in [0.29, 0.717) is 18.4 Å². The molecule has 0 aromatic heterocycles. The van der Waals surface area contributed by atoms with E-state index in [1.54, 1.807) is 0 Å². The zero-order chi connectivity index (χ0) is 18.7. The molecule has 26 heavy (non-hydrogen) atoms. The van der Waals surface area contributed by atoms with Crippen molar-refractivity contribution in [3.8, 4) is 11.5 Å². The van der Waals surface area contributed by atoms with E-state index in [0.717, 1.165) is 23.8 Å². The molecular weight excluding hydrogens is 324 g/mol. The van der Waals surface area contributed by atoms with Gasteiger partial charge in [0.25, 0.3) is 0 Å². The fourth-order valence-corrected chi connectivity index (χ4v) is 4.99. The summed E-state index contributed by atoms with van der Waals surface area (Å²) in [5.74, 6) is 3.74. The SMILES string of the molecule is CCCCCc1cc(OCCO)c2c(c1)OC(C)(C)[C@@H]1CC[C@@H](C)C[C@@H]21. The summed E-state index contributed by atoms with van der Waals surface area (Å²) < 4.78 is 12.6. The van der Waals surface area contributed by atoms with Gasteiger partial charge in [-0.15, -0.1) is 0 Å². The smallest absolute Gasteiger partial charge is 0.127 e. The summed E-state index contributed by atoms with van der Waals surface area (Å²) >= 11 is 0. The molecule has 3 heteroatoms. The molecule has 1 N–H and O–H groups in total. The number of hydrogen-bond acceptors (Lipinski definition) is 3. The van der Waals surface area contributed by atoms with Gasteiger partial charge in [-0.1, -0.05) is 33.1 Å². The average Bonchev–Trinajstić information content (AvgIpc) is 2.58. The summed E-state index contributed by atoms with van der Waals surface area (Å²) in [4.78, 5) is 0. The van der Waals surface area contributed by atoms with Gasteiger partial charge in [-0.25, -0.2) is 0 Å². The van der Waals surface area contributed by atoms with Gasteiger partial charge in [0.1, 0.15) is 23.7 Å². The molecular formula is C23H36O3. The molecule has 0 radical (unpaired) electrons. The van der Waals surface area contributed by atoms with Crippen molar-refractivity contribution in [3.05, 3.63) is 23.3 Å². The van der Waals surface area contributed by atoms with Crippen molar-refractivity contribution in [1.82, 2.24) is 0 Å². The second kappa shape index (κ2) is 8.21. The lowest BCUT2D eigenvalue weighted by Gasteiger charge is -2.49. The maximum atomic E-state index is 9.28. The third-order valence-corrected chi connectivity index (χ3v) is 6.33. The van der Waals surface area contributed by atoms with Gasteiger partial charge in [-0.3, -0.25) is 0 Å². The standard InChI is InChI=1S/C23H36O3/c1-5-6-7-8-17-14-20(25-12-11-24)22-18-13-16(2)9-10-19(18)23(3,4)26-21(22)15-17/h14-16,18-19,24H,5-13H2,1-4H3/t16-,18-,19-/m1/s1. The first-order valence-electron chi connectivity index (χ1n) is 10.6. The monoisotopic (exact) mass is 360 g/mol. The Morgan fingerprint density at radius 1 is 1.23 bits per heavy atom. The average molecular weight is 361 g/mol. The van der Waals surface area contributed by atoms with Crippen LogP contribution in [0.2, 0.25) is 0 Å². The summed E-state index contributed by atoms with van der Waals surface area (Å²) in [5, 5.41) is 9.28. The molecule has 3 atom stereocenters. The van der Waals surface area contributed by atoms with E-state index in [1.165, 1.54) is 49.7 Å². The lowest BCUT2D eigenvalue weighted by Crippen LogP contribution is -2.46. The second-order valence-corrected chi connectivity index (χ2v) is 8.87. The topological polar surface area (TPSA) is 38.7 Å². The lowest BCUT2D eigenvalue weighted by atomic mass is 9.64. The van der Waals surface area contributed by atoms with Crippen LogP contribution in [0.3, 0.4) is 0 Å². The molecule has 2 aliphatic rings. The maximum absolute atomic E-state index is 9.28. The summed E-state index contributed by atoms with van der Waals surface area (Å²) in [6.07, 6.45) is 8.44. The van der Waals surface area contributed by atoms with E-state index in [4.69, 9.17) is 9.47 Å². The number of unbranched alkanes of at least 4 members (excludes halogenated alkanes) is 2. The van der Waals surface area contributed by atoms with Crippen LogP contribution in [0.4, 0.5) is 0 Å². The number of aliphatic hydroxyl groups is 1. The molecule has 0 bridgehead atoms. The minimum absolute atomic E-state index is 0.0473. The number of rotatable bonds is 7. The predicted molar refractivity (Wildman–Crippen MR) is 106 cm³/mol. The van der Waals surface area contributed by atoms with Crippen molar-refractivity contribution in [2.75, 3.05) is 13.2 Å². The van der Waals surface area contributed by atoms with Crippen LogP contribution in [0.25, 0.3) is 0 Å². The zero-order valence-corrected chi connectivity index (χ0v) is 17.0. The van der Waals surface area contributed by atoms with Crippen LogP contribution in [0.1, 0.15) is 83.3 Å². The number of aryl methyl sites for hydroxylation is 1. The van der Waals surface area contributed by atoms with Gasteiger partial charge >= 0.3 is 0 Å². The Labute approximate surface area is 159 Å². The largest absolute Gasteiger partial charge is 0.491 e. The molecule has 0 amide bonds. The maximum Gasteiger partial charge on any atom is 0.127 e. The van der Waals surface area contributed by atoms with E-state index in [9.17, 15) is 5.11 Å². The molecule has 0 spiro atoms. The van der Waals surface area contributed by atoms with Gasteiger partial charge in [-0.2, -0.15) is 0 Å². The molecule has 1 fully saturated rings. The lowest BCUT2D eigenvalue weighted by molar-refractivity contribution is -0.0149. The van der Waals surface area contributed by atoms with Gasteiger partial charge in [0.2, 0.25) is 0 Å². The summed E-state index contributed by atoms with van der Waals surface area (Å²) in [7, 11) is 0. The van der Waals surface area contributed by atoms with Gasteiger partial charge in [-0.05, 0) is 69.1 Å². The fourth-order valence-electron chi connectivity index (χ4n) is 4.99. The van der Waals surface area contributed by atoms with E-state index in [1.807, 2.05) is 0 Å². The van der Waals surface area contributed by atoms with E-state index in [-0.39, 0.29) is 12.2 Å². The number of aliphatic hydroxyl groups excluding tert-OH is 1. The van der Waals surface area contributed by atoms with Crippen LogP contribution >= 0.6 is 0 Å². The number of ether oxygens (including phenoxy) is 2.